The first kappa shape index (κ1) is 22.3. The van der Waals surface area contributed by atoms with E-state index in [9.17, 15) is 18.0 Å². The average Bonchev–Trinajstić information content (AvgIpc) is 2.78. The van der Waals surface area contributed by atoms with Crippen molar-refractivity contribution in [2.45, 2.75) is 32.6 Å². The molecule has 0 spiro atoms. The number of halogens is 3. The average molecular weight is 425 g/mol. The molecule has 31 heavy (non-hydrogen) atoms. The first-order valence-corrected chi connectivity index (χ1v) is 10.1. The molecule has 3 rings (SSSR count). The fourth-order valence-corrected chi connectivity index (χ4v) is 2.93. The predicted molar refractivity (Wildman–Crippen MR) is 115 cm³/mol. The quantitative estimate of drug-likeness (QED) is 0.131. The van der Waals surface area contributed by atoms with Gasteiger partial charge in [-0.1, -0.05) is 31.9 Å². The van der Waals surface area contributed by atoms with Gasteiger partial charge in [-0.2, -0.15) is 0 Å². The lowest BCUT2D eigenvalue weighted by Gasteiger charge is -2.06. The maximum Gasteiger partial charge on any atom is 0.343 e. The molecule has 3 aromatic rings. The van der Waals surface area contributed by atoms with Crippen molar-refractivity contribution in [2.75, 3.05) is 0 Å². The summed E-state index contributed by atoms with van der Waals surface area (Å²) in [6, 6.07) is 15.6. The Bertz CT molecular complexity index is 1060. The van der Waals surface area contributed by atoms with E-state index in [2.05, 4.69) is 11.9 Å². The monoisotopic (exact) mass is 425 g/mol. The van der Waals surface area contributed by atoms with Crippen molar-refractivity contribution < 1.29 is 22.7 Å². The molecule has 0 aliphatic heterocycles. The van der Waals surface area contributed by atoms with Gasteiger partial charge < -0.3 is 4.74 Å². The van der Waals surface area contributed by atoms with Gasteiger partial charge in [0.25, 0.3) is 0 Å². The smallest absolute Gasteiger partial charge is 0.343 e. The first-order valence-electron chi connectivity index (χ1n) is 10.1. The standard InChI is InChI=1S/C25H22F3NO2/c1-2-3-4-5-17-6-10-19(11-7-17)25(30)31-20-12-8-18(9-13-20)16-29-22-15-14-21(26)23(27)24(22)28/h6-16H,2-5H2,1H3. The van der Waals surface area contributed by atoms with Gasteiger partial charge in [0.05, 0.1) is 5.56 Å². The van der Waals surface area contributed by atoms with Crippen molar-refractivity contribution >= 4 is 17.9 Å². The fourth-order valence-electron chi connectivity index (χ4n) is 2.93. The highest BCUT2D eigenvalue weighted by molar-refractivity contribution is 5.91. The normalized spacial score (nSPS) is 11.1. The number of rotatable bonds is 8. The van der Waals surface area contributed by atoms with E-state index in [0.717, 1.165) is 31.4 Å². The van der Waals surface area contributed by atoms with E-state index < -0.39 is 23.4 Å². The van der Waals surface area contributed by atoms with E-state index >= 15 is 0 Å². The Balaban J connectivity index is 1.60. The number of hydrogen-bond acceptors (Lipinski definition) is 3. The van der Waals surface area contributed by atoms with Gasteiger partial charge in [-0.15, -0.1) is 0 Å². The molecule has 0 N–H and O–H groups in total. The maximum absolute atomic E-state index is 13.7. The van der Waals surface area contributed by atoms with E-state index in [0.29, 0.717) is 16.9 Å². The molecule has 6 heteroatoms. The van der Waals surface area contributed by atoms with Crippen molar-refractivity contribution in [2.24, 2.45) is 4.99 Å². The zero-order chi connectivity index (χ0) is 22.2. The van der Waals surface area contributed by atoms with Crippen molar-refractivity contribution in [1.82, 2.24) is 0 Å². The van der Waals surface area contributed by atoms with E-state index in [4.69, 9.17) is 4.74 Å². The van der Waals surface area contributed by atoms with Gasteiger partial charge in [0, 0.05) is 6.21 Å². The second-order valence-electron chi connectivity index (χ2n) is 7.07. The molecular weight excluding hydrogens is 403 g/mol. The van der Waals surface area contributed by atoms with Gasteiger partial charge in [-0.25, -0.2) is 18.0 Å². The summed E-state index contributed by atoms with van der Waals surface area (Å²) in [4.78, 5) is 16.2. The number of ether oxygens (including phenoxy) is 1. The molecule has 0 unspecified atom stereocenters. The molecule has 3 nitrogen and oxygen atoms in total. The van der Waals surface area contributed by atoms with Crippen molar-refractivity contribution in [3.63, 3.8) is 0 Å². The molecule has 0 aliphatic rings. The minimum Gasteiger partial charge on any atom is -0.423 e. The molecule has 160 valence electrons. The van der Waals surface area contributed by atoms with Crippen molar-refractivity contribution in [3.05, 3.63) is 94.8 Å². The molecule has 0 bridgehead atoms. The zero-order valence-corrected chi connectivity index (χ0v) is 17.1. The van der Waals surface area contributed by atoms with Crippen LogP contribution in [0.4, 0.5) is 18.9 Å². The number of unbranched alkanes of at least 4 members (excludes halogenated alkanes) is 2. The van der Waals surface area contributed by atoms with Crippen LogP contribution < -0.4 is 4.74 Å². The van der Waals surface area contributed by atoms with Crippen LogP contribution in [0.2, 0.25) is 0 Å². The van der Waals surface area contributed by atoms with Gasteiger partial charge >= 0.3 is 5.97 Å². The Morgan fingerprint density at radius 2 is 1.61 bits per heavy atom. The molecule has 3 aromatic carbocycles. The summed E-state index contributed by atoms with van der Waals surface area (Å²) in [5.74, 6) is -4.31. The lowest BCUT2D eigenvalue weighted by molar-refractivity contribution is 0.0734. The topological polar surface area (TPSA) is 38.7 Å². The SMILES string of the molecule is CCCCCc1ccc(C(=O)Oc2ccc(C=Nc3ccc(F)c(F)c3F)cc2)cc1. The highest BCUT2D eigenvalue weighted by Crippen LogP contribution is 2.22. The van der Waals surface area contributed by atoms with Crippen LogP contribution >= 0.6 is 0 Å². The van der Waals surface area contributed by atoms with Crippen LogP contribution in [-0.2, 0) is 6.42 Å². The maximum atomic E-state index is 13.7. The number of hydrogen-bond donors (Lipinski definition) is 0. The van der Waals surface area contributed by atoms with Crippen LogP contribution in [-0.4, -0.2) is 12.2 Å². The number of benzene rings is 3. The molecule has 0 saturated heterocycles. The summed E-state index contributed by atoms with van der Waals surface area (Å²) >= 11 is 0. The Morgan fingerprint density at radius 3 is 2.29 bits per heavy atom. The number of esters is 1. The summed E-state index contributed by atoms with van der Waals surface area (Å²) < 4.78 is 45.2. The highest BCUT2D eigenvalue weighted by Gasteiger charge is 2.12. The molecule has 0 saturated carbocycles. The van der Waals surface area contributed by atoms with Gasteiger partial charge in [0.2, 0.25) is 0 Å². The number of nitrogens with zero attached hydrogens (tertiary/aromatic N) is 1. The van der Waals surface area contributed by atoms with Crippen LogP contribution in [0.15, 0.2) is 65.7 Å². The number of aryl methyl sites for hydroxylation is 1. The van der Waals surface area contributed by atoms with Gasteiger partial charge in [-0.3, -0.25) is 4.99 Å². The van der Waals surface area contributed by atoms with Gasteiger partial charge in [-0.05, 0) is 72.5 Å². The first-order chi connectivity index (χ1) is 15.0. The van der Waals surface area contributed by atoms with E-state index in [1.54, 1.807) is 36.4 Å². The van der Waals surface area contributed by atoms with E-state index in [1.807, 2.05) is 12.1 Å². The van der Waals surface area contributed by atoms with Crippen LogP contribution in [0.25, 0.3) is 0 Å². The van der Waals surface area contributed by atoms with E-state index in [1.165, 1.54) is 18.2 Å². The Labute approximate surface area is 179 Å². The molecule has 0 aromatic heterocycles. The van der Waals surface area contributed by atoms with Crippen LogP contribution in [0.5, 0.6) is 5.75 Å². The number of aliphatic imine (C=N–C) groups is 1. The largest absolute Gasteiger partial charge is 0.423 e. The molecule has 0 aliphatic carbocycles. The molecular formula is C25H22F3NO2. The molecule has 0 fully saturated rings. The number of carbonyl (C=O) groups is 1. The summed E-state index contributed by atoms with van der Waals surface area (Å²) in [6.45, 7) is 2.16. The van der Waals surface area contributed by atoms with Crippen LogP contribution in [0.1, 0.15) is 47.7 Å². The minimum atomic E-state index is -1.56. The fraction of sp³-hybridized carbons (Fsp3) is 0.200. The predicted octanol–water partition coefficient (Wildman–Crippen LogP) is 6.81. The lowest BCUT2D eigenvalue weighted by Crippen LogP contribution is -2.08. The Morgan fingerprint density at radius 1 is 0.903 bits per heavy atom. The molecule has 0 heterocycles. The summed E-state index contributed by atoms with van der Waals surface area (Å²) in [6.07, 6.45) is 5.76. The lowest BCUT2D eigenvalue weighted by atomic mass is 10.1. The molecule has 0 amide bonds. The van der Waals surface area contributed by atoms with Crippen molar-refractivity contribution in [1.29, 1.82) is 0 Å². The third kappa shape index (κ3) is 6.04. The van der Waals surface area contributed by atoms with Gasteiger partial charge in [0.1, 0.15) is 11.4 Å². The summed E-state index contributed by atoms with van der Waals surface area (Å²) in [5.41, 5.74) is 1.90. The third-order valence-electron chi connectivity index (χ3n) is 4.72. The van der Waals surface area contributed by atoms with E-state index in [-0.39, 0.29) is 5.69 Å². The minimum absolute atomic E-state index is 0.312. The Hall–Kier alpha value is -3.41. The zero-order valence-electron chi connectivity index (χ0n) is 17.1. The molecule has 0 radical (unpaired) electrons. The van der Waals surface area contributed by atoms with Gasteiger partial charge in [0.15, 0.2) is 17.5 Å². The highest BCUT2D eigenvalue weighted by atomic mass is 19.2. The second-order valence-corrected chi connectivity index (χ2v) is 7.07. The summed E-state index contributed by atoms with van der Waals surface area (Å²) in [7, 11) is 0. The van der Waals surface area contributed by atoms with Crippen LogP contribution in [0, 0.1) is 17.5 Å². The third-order valence-corrected chi connectivity index (χ3v) is 4.72. The van der Waals surface area contributed by atoms with Crippen molar-refractivity contribution in [3.8, 4) is 5.75 Å². The Kier molecular flexibility index (Phi) is 7.60. The molecule has 0 atom stereocenters. The van der Waals surface area contributed by atoms with Crippen LogP contribution in [0.3, 0.4) is 0 Å². The summed E-state index contributed by atoms with van der Waals surface area (Å²) in [5, 5.41) is 0. The number of carbonyl (C=O) groups excluding carboxylic acids is 1. The second kappa shape index (κ2) is 10.6.